The van der Waals surface area contributed by atoms with E-state index in [4.69, 9.17) is 24.9 Å². The van der Waals surface area contributed by atoms with Gasteiger partial charge < -0.3 is 0 Å². The van der Waals surface area contributed by atoms with Crippen molar-refractivity contribution in [3.8, 4) is 67.8 Å². The van der Waals surface area contributed by atoms with E-state index in [-0.39, 0.29) is 0 Å². The maximum atomic E-state index is 5.27. The van der Waals surface area contributed by atoms with Gasteiger partial charge in [0.2, 0.25) is 0 Å². The van der Waals surface area contributed by atoms with Crippen LogP contribution in [0.25, 0.3) is 89.6 Å². The summed E-state index contributed by atoms with van der Waals surface area (Å²) in [5.74, 6) is 1.88. The van der Waals surface area contributed by atoms with Crippen LogP contribution >= 0.6 is 0 Å². The van der Waals surface area contributed by atoms with Crippen molar-refractivity contribution in [1.29, 1.82) is 0 Å². The molecule has 0 spiro atoms. The van der Waals surface area contributed by atoms with Gasteiger partial charge in [0.05, 0.1) is 22.4 Å². The molecule has 0 atom stereocenters. The summed E-state index contributed by atoms with van der Waals surface area (Å²) in [6.45, 7) is 0. The molecule has 0 amide bonds. The minimum atomic E-state index is 0.612. The van der Waals surface area contributed by atoms with Gasteiger partial charge in [0.15, 0.2) is 17.5 Å². The fourth-order valence-corrected chi connectivity index (χ4v) is 6.40. The predicted octanol–water partition coefficient (Wildman–Crippen LogP) is 11.0. The summed E-state index contributed by atoms with van der Waals surface area (Å²) in [5, 5.41) is 2.07. The molecular weight excluding hydrogens is 611 g/mol. The number of hydrogen-bond donors (Lipinski definition) is 0. The smallest absolute Gasteiger partial charge is 0.164 e. The molecule has 234 valence electrons. The average Bonchev–Trinajstić information content (AvgIpc) is 3.21. The first-order valence-corrected chi connectivity index (χ1v) is 16.6. The highest BCUT2D eigenvalue weighted by Gasteiger charge is 2.17. The molecule has 0 bridgehead atoms. The van der Waals surface area contributed by atoms with Crippen LogP contribution in [-0.2, 0) is 0 Å². The molecule has 9 aromatic rings. The van der Waals surface area contributed by atoms with Crippen molar-refractivity contribution in [2.24, 2.45) is 0 Å². The first-order chi connectivity index (χ1) is 24.8. The molecule has 0 aliphatic carbocycles. The number of nitrogens with zero attached hydrogens (tertiary/aromatic N) is 5. The number of fused-ring (bicyclic) bond motifs is 3. The van der Waals surface area contributed by atoms with E-state index >= 15 is 0 Å². The summed E-state index contributed by atoms with van der Waals surface area (Å²) in [7, 11) is 0. The van der Waals surface area contributed by atoms with Crippen LogP contribution in [0.2, 0.25) is 0 Å². The minimum Gasteiger partial charge on any atom is -0.245 e. The Labute approximate surface area is 289 Å². The van der Waals surface area contributed by atoms with Crippen molar-refractivity contribution >= 4 is 21.8 Å². The molecule has 3 aromatic heterocycles. The Morgan fingerprint density at radius 1 is 0.280 bits per heavy atom. The van der Waals surface area contributed by atoms with Crippen molar-refractivity contribution in [2.75, 3.05) is 0 Å². The molecule has 0 fully saturated rings. The third-order valence-corrected chi connectivity index (χ3v) is 8.91. The molecule has 6 aromatic carbocycles. The first-order valence-electron chi connectivity index (χ1n) is 16.6. The molecule has 50 heavy (non-hydrogen) atoms. The second-order valence-corrected chi connectivity index (χ2v) is 12.1. The lowest BCUT2D eigenvalue weighted by atomic mass is 9.95. The Hall–Kier alpha value is -6.85. The van der Waals surface area contributed by atoms with Gasteiger partial charge in [-0.05, 0) is 29.3 Å². The summed E-state index contributed by atoms with van der Waals surface area (Å²) in [4.78, 5) is 25.3. The Balaban J connectivity index is 1.25. The van der Waals surface area contributed by atoms with Gasteiger partial charge in [-0.2, -0.15) is 0 Å². The van der Waals surface area contributed by atoms with Gasteiger partial charge in [-0.3, -0.25) is 0 Å². The Kier molecular flexibility index (Phi) is 7.41. The quantitative estimate of drug-likeness (QED) is 0.169. The maximum Gasteiger partial charge on any atom is 0.164 e. The normalized spacial score (nSPS) is 11.2. The molecular formula is C45H29N5. The topological polar surface area (TPSA) is 64.5 Å². The van der Waals surface area contributed by atoms with Gasteiger partial charge in [-0.1, -0.05) is 158 Å². The van der Waals surface area contributed by atoms with Crippen LogP contribution in [0.5, 0.6) is 0 Å². The molecule has 3 heterocycles. The minimum absolute atomic E-state index is 0.612. The SMILES string of the molecule is c1ccc(-c2ccc3ccc4c(-c5cccc(-c6nc(-c7ccccc7)nc(-c7ccccc7)n6)c5)cc(-c5ccccc5)nc4c3n2)cc1. The van der Waals surface area contributed by atoms with Crippen LogP contribution in [0.15, 0.2) is 176 Å². The van der Waals surface area contributed by atoms with Crippen LogP contribution < -0.4 is 0 Å². The third kappa shape index (κ3) is 5.57. The van der Waals surface area contributed by atoms with Crippen molar-refractivity contribution in [3.05, 3.63) is 176 Å². The van der Waals surface area contributed by atoms with Crippen molar-refractivity contribution in [3.63, 3.8) is 0 Å². The molecule has 0 saturated heterocycles. The molecule has 9 rings (SSSR count). The maximum absolute atomic E-state index is 5.27. The lowest BCUT2D eigenvalue weighted by molar-refractivity contribution is 1.07. The molecule has 5 nitrogen and oxygen atoms in total. The van der Waals surface area contributed by atoms with E-state index in [9.17, 15) is 0 Å². The largest absolute Gasteiger partial charge is 0.245 e. The second kappa shape index (κ2) is 12.6. The highest BCUT2D eigenvalue weighted by Crippen LogP contribution is 2.37. The van der Waals surface area contributed by atoms with E-state index in [1.807, 2.05) is 97.1 Å². The summed E-state index contributed by atoms with van der Waals surface area (Å²) >= 11 is 0. The van der Waals surface area contributed by atoms with Crippen LogP contribution in [0.1, 0.15) is 0 Å². The summed E-state index contributed by atoms with van der Waals surface area (Å²) in [6.07, 6.45) is 0. The predicted molar refractivity (Wildman–Crippen MR) is 203 cm³/mol. The number of rotatable bonds is 6. The van der Waals surface area contributed by atoms with Crippen LogP contribution in [0.4, 0.5) is 0 Å². The highest BCUT2D eigenvalue weighted by atomic mass is 15.0. The summed E-state index contributed by atoms with van der Waals surface area (Å²) in [5.41, 5.74) is 10.5. The standard InChI is InChI=1S/C45H29N5/c1-5-14-30(15-6-1)39-27-25-32-24-26-37-38(29-40(31-16-7-2-8-17-31)47-42(37)41(32)46-39)35-22-13-23-36(28-35)45-49-43(33-18-9-3-10-19-33)48-44(50-45)34-20-11-4-12-21-34/h1-29H. The van der Waals surface area contributed by atoms with Gasteiger partial charge in [-0.25, -0.2) is 24.9 Å². The zero-order chi connectivity index (χ0) is 33.3. The number of hydrogen-bond acceptors (Lipinski definition) is 5. The van der Waals surface area contributed by atoms with E-state index < -0.39 is 0 Å². The average molecular weight is 640 g/mol. The first kappa shape index (κ1) is 29.3. The van der Waals surface area contributed by atoms with Gasteiger partial charge >= 0.3 is 0 Å². The van der Waals surface area contributed by atoms with Gasteiger partial charge in [0.25, 0.3) is 0 Å². The van der Waals surface area contributed by atoms with Crippen molar-refractivity contribution < 1.29 is 0 Å². The Morgan fingerprint density at radius 3 is 1.34 bits per heavy atom. The van der Waals surface area contributed by atoms with E-state index in [0.29, 0.717) is 17.5 Å². The van der Waals surface area contributed by atoms with Crippen molar-refractivity contribution in [1.82, 2.24) is 24.9 Å². The molecule has 0 saturated carbocycles. The van der Waals surface area contributed by atoms with Crippen LogP contribution in [0.3, 0.4) is 0 Å². The Morgan fingerprint density at radius 2 is 0.740 bits per heavy atom. The van der Waals surface area contributed by atoms with Gasteiger partial charge in [-0.15, -0.1) is 0 Å². The van der Waals surface area contributed by atoms with E-state index in [2.05, 4.69) is 78.9 Å². The van der Waals surface area contributed by atoms with E-state index in [1.165, 1.54) is 0 Å². The van der Waals surface area contributed by atoms with E-state index in [0.717, 1.165) is 72.1 Å². The monoisotopic (exact) mass is 639 g/mol. The van der Waals surface area contributed by atoms with Gasteiger partial charge in [0.1, 0.15) is 0 Å². The zero-order valence-electron chi connectivity index (χ0n) is 27.0. The number of benzene rings is 6. The highest BCUT2D eigenvalue weighted by molar-refractivity contribution is 6.09. The van der Waals surface area contributed by atoms with Gasteiger partial charge in [0, 0.05) is 38.6 Å². The molecule has 0 radical (unpaired) electrons. The molecule has 5 heteroatoms. The molecule has 0 unspecified atom stereocenters. The lowest BCUT2D eigenvalue weighted by Crippen LogP contribution is -2.00. The molecule has 0 N–H and O–H groups in total. The summed E-state index contributed by atoms with van der Waals surface area (Å²) in [6, 6.07) is 59.9. The van der Waals surface area contributed by atoms with Crippen LogP contribution in [0, 0.1) is 0 Å². The Bertz CT molecular complexity index is 2570. The fraction of sp³-hybridized carbons (Fsp3) is 0. The number of pyridine rings is 2. The lowest BCUT2D eigenvalue weighted by Gasteiger charge is -2.14. The van der Waals surface area contributed by atoms with Crippen LogP contribution in [-0.4, -0.2) is 24.9 Å². The zero-order valence-corrected chi connectivity index (χ0v) is 27.0. The molecule has 0 aliphatic heterocycles. The fourth-order valence-electron chi connectivity index (χ4n) is 6.40. The second-order valence-electron chi connectivity index (χ2n) is 12.1. The van der Waals surface area contributed by atoms with Crippen molar-refractivity contribution in [2.45, 2.75) is 0 Å². The molecule has 0 aliphatic rings. The number of aromatic nitrogens is 5. The summed E-state index contributed by atoms with van der Waals surface area (Å²) < 4.78 is 0. The van der Waals surface area contributed by atoms with E-state index in [1.54, 1.807) is 0 Å². The third-order valence-electron chi connectivity index (χ3n) is 8.91.